The normalized spacial score (nSPS) is 18.5. The lowest BCUT2D eigenvalue weighted by Crippen LogP contribution is -2.40. The van der Waals surface area contributed by atoms with Crippen molar-refractivity contribution in [3.8, 4) is 5.75 Å². The van der Waals surface area contributed by atoms with Crippen LogP contribution in [-0.4, -0.2) is 41.0 Å². The molecule has 22 heavy (non-hydrogen) atoms. The number of hydrogen-bond acceptors (Lipinski definition) is 5. The molecule has 7 nitrogen and oxygen atoms in total. The van der Waals surface area contributed by atoms with Gasteiger partial charge in [0, 0.05) is 30.2 Å². The average Bonchev–Trinajstić information content (AvgIpc) is 2.86. The Labute approximate surface area is 138 Å². The van der Waals surface area contributed by atoms with Gasteiger partial charge in [-0.05, 0) is 25.5 Å². The molecule has 1 heterocycles. The summed E-state index contributed by atoms with van der Waals surface area (Å²) in [7, 11) is 0. The number of nitrogens with two attached hydrogens (primary N) is 1. The molecular weight excluding hydrogens is 333 g/mol. The Morgan fingerprint density at radius 2 is 2.27 bits per heavy atom. The molecule has 1 saturated heterocycles. The van der Waals surface area contributed by atoms with Crippen LogP contribution in [0.1, 0.15) is 13.3 Å². The van der Waals surface area contributed by atoms with E-state index in [1.54, 1.807) is 11.8 Å². The van der Waals surface area contributed by atoms with Gasteiger partial charge in [0.05, 0.1) is 4.92 Å². The molecule has 0 aromatic heterocycles. The second-order valence-electron chi connectivity index (χ2n) is 4.96. The van der Waals surface area contributed by atoms with Crippen molar-refractivity contribution in [2.75, 3.05) is 13.1 Å². The number of hydrogen-bond donors (Lipinski definition) is 1. The summed E-state index contributed by atoms with van der Waals surface area (Å²) < 4.78 is 5.44. The number of rotatable bonds is 4. The van der Waals surface area contributed by atoms with Crippen LogP contribution >= 0.6 is 24.0 Å². The third kappa shape index (κ3) is 4.22. The average molecular weight is 350 g/mol. The predicted molar refractivity (Wildman–Crippen MR) is 84.6 cm³/mol. The molecule has 9 heteroatoms. The Bertz CT molecular complexity index is 570. The Hall–Kier alpha value is -1.57. The van der Waals surface area contributed by atoms with Gasteiger partial charge in [0.25, 0.3) is 5.91 Å². The molecule has 1 aromatic rings. The first-order valence-electron chi connectivity index (χ1n) is 6.53. The lowest BCUT2D eigenvalue weighted by atomic mass is 10.3. The molecule has 2 rings (SSSR count). The SMILES string of the molecule is CC(Oc1ccc(Cl)cc1[N+](=O)[O-])C(=O)N1CC[C@@H](N)C1.Cl. The van der Waals surface area contributed by atoms with Crippen molar-refractivity contribution in [1.29, 1.82) is 0 Å². The number of carbonyl (C=O) groups excluding carboxylic acids is 1. The van der Waals surface area contributed by atoms with Crippen LogP contribution in [0.5, 0.6) is 5.75 Å². The van der Waals surface area contributed by atoms with Gasteiger partial charge < -0.3 is 15.4 Å². The molecule has 0 saturated carbocycles. The van der Waals surface area contributed by atoms with Crippen LogP contribution in [0.15, 0.2) is 18.2 Å². The summed E-state index contributed by atoms with van der Waals surface area (Å²) >= 11 is 5.73. The summed E-state index contributed by atoms with van der Waals surface area (Å²) in [5.41, 5.74) is 5.49. The molecule has 122 valence electrons. The topological polar surface area (TPSA) is 98.7 Å². The van der Waals surface area contributed by atoms with E-state index in [9.17, 15) is 14.9 Å². The monoisotopic (exact) mass is 349 g/mol. The van der Waals surface area contributed by atoms with Crippen LogP contribution in [0, 0.1) is 10.1 Å². The molecule has 0 aliphatic carbocycles. The van der Waals surface area contributed by atoms with Gasteiger partial charge >= 0.3 is 5.69 Å². The van der Waals surface area contributed by atoms with E-state index in [2.05, 4.69) is 0 Å². The van der Waals surface area contributed by atoms with Crippen LogP contribution in [0.2, 0.25) is 5.02 Å². The first-order chi connectivity index (χ1) is 9.88. The number of nitrogens with zero attached hydrogens (tertiary/aromatic N) is 2. The fraction of sp³-hybridized carbons (Fsp3) is 0.462. The summed E-state index contributed by atoms with van der Waals surface area (Å²) in [6, 6.07) is 4.04. The van der Waals surface area contributed by atoms with E-state index in [4.69, 9.17) is 22.1 Å². The van der Waals surface area contributed by atoms with Gasteiger partial charge in [-0.3, -0.25) is 14.9 Å². The molecule has 1 amide bonds. The fourth-order valence-electron chi connectivity index (χ4n) is 2.22. The van der Waals surface area contributed by atoms with Crippen molar-refractivity contribution in [3.63, 3.8) is 0 Å². The number of amides is 1. The summed E-state index contributed by atoms with van der Waals surface area (Å²) in [5.74, 6) is -0.207. The van der Waals surface area contributed by atoms with Crippen molar-refractivity contribution in [2.45, 2.75) is 25.5 Å². The smallest absolute Gasteiger partial charge is 0.312 e. The van der Waals surface area contributed by atoms with Crippen molar-refractivity contribution in [2.24, 2.45) is 5.73 Å². The maximum atomic E-state index is 12.2. The number of nitro benzene ring substituents is 1. The molecule has 0 radical (unpaired) electrons. The summed E-state index contributed by atoms with van der Waals surface area (Å²) in [5, 5.41) is 11.2. The number of carbonyl (C=O) groups is 1. The number of benzene rings is 1. The molecule has 0 bridgehead atoms. The molecule has 1 unspecified atom stereocenters. The molecule has 1 aliphatic heterocycles. The number of halogens is 2. The fourth-order valence-corrected chi connectivity index (χ4v) is 2.38. The molecule has 0 spiro atoms. The minimum atomic E-state index is -0.824. The molecule has 1 aromatic carbocycles. The highest BCUT2D eigenvalue weighted by atomic mass is 35.5. The van der Waals surface area contributed by atoms with Gasteiger partial charge in [-0.25, -0.2) is 0 Å². The Kier molecular flexibility index (Phi) is 6.40. The van der Waals surface area contributed by atoms with E-state index in [-0.39, 0.29) is 40.8 Å². The Morgan fingerprint density at radius 3 is 2.82 bits per heavy atom. The van der Waals surface area contributed by atoms with Gasteiger partial charge in [-0.1, -0.05) is 11.6 Å². The largest absolute Gasteiger partial charge is 0.474 e. The van der Waals surface area contributed by atoms with Crippen LogP contribution in [0.25, 0.3) is 0 Å². The molecule has 1 fully saturated rings. The van der Waals surface area contributed by atoms with Crippen molar-refractivity contribution < 1.29 is 14.5 Å². The van der Waals surface area contributed by atoms with E-state index in [0.29, 0.717) is 13.1 Å². The van der Waals surface area contributed by atoms with Crippen molar-refractivity contribution >= 4 is 35.6 Å². The second kappa shape index (κ2) is 7.62. The number of likely N-dealkylation sites (tertiary alicyclic amines) is 1. The molecule has 2 atom stereocenters. The van der Waals surface area contributed by atoms with E-state index >= 15 is 0 Å². The van der Waals surface area contributed by atoms with Crippen LogP contribution in [0.3, 0.4) is 0 Å². The summed E-state index contributed by atoms with van der Waals surface area (Å²) in [6.07, 6.45) is -0.0744. The minimum absolute atomic E-state index is 0. The maximum Gasteiger partial charge on any atom is 0.312 e. The predicted octanol–water partition coefficient (Wildman–Crippen LogP) is 2.00. The minimum Gasteiger partial charge on any atom is -0.474 e. The second-order valence-corrected chi connectivity index (χ2v) is 5.40. The van der Waals surface area contributed by atoms with Gasteiger partial charge in [0.1, 0.15) is 0 Å². The van der Waals surface area contributed by atoms with E-state index in [0.717, 1.165) is 6.42 Å². The standard InChI is InChI=1S/C13H16ClN3O4.ClH/c1-8(13(18)16-5-4-10(15)7-16)21-12-3-2-9(14)6-11(12)17(19)20;/h2-3,6,8,10H,4-5,7,15H2,1H3;1H/t8?,10-;/m1./s1. The van der Waals surface area contributed by atoms with Crippen LogP contribution < -0.4 is 10.5 Å². The third-order valence-electron chi connectivity index (χ3n) is 3.31. The van der Waals surface area contributed by atoms with E-state index < -0.39 is 11.0 Å². The zero-order chi connectivity index (χ0) is 15.6. The Balaban J connectivity index is 0.00000242. The highest BCUT2D eigenvalue weighted by Gasteiger charge is 2.29. The first-order valence-corrected chi connectivity index (χ1v) is 6.91. The van der Waals surface area contributed by atoms with Gasteiger partial charge in [0.2, 0.25) is 0 Å². The van der Waals surface area contributed by atoms with Crippen LogP contribution in [-0.2, 0) is 4.79 Å². The number of nitro groups is 1. The maximum absolute atomic E-state index is 12.2. The van der Waals surface area contributed by atoms with Crippen molar-refractivity contribution in [1.82, 2.24) is 4.90 Å². The highest BCUT2D eigenvalue weighted by molar-refractivity contribution is 6.30. The third-order valence-corrected chi connectivity index (χ3v) is 3.54. The summed E-state index contributed by atoms with van der Waals surface area (Å²) in [6.45, 7) is 2.62. The quantitative estimate of drug-likeness (QED) is 0.661. The summed E-state index contributed by atoms with van der Waals surface area (Å²) in [4.78, 5) is 24.2. The highest BCUT2D eigenvalue weighted by Crippen LogP contribution is 2.30. The van der Waals surface area contributed by atoms with E-state index in [1.165, 1.54) is 18.2 Å². The van der Waals surface area contributed by atoms with Gasteiger partial charge in [-0.2, -0.15) is 0 Å². The number of ether oxygens (including phenoxy) is 1. The molecule has 2 N–H and O–H groups in total. The van der Waals surface area contributed by atoms with Gasteiger partial charge in [-0.15, -0.1) is 12.4 Å². The lowest BCUT2D eigenvalue weighted by molar-refractivity contribution is -0.386. The molecular formula is C13H17Cl2N3O4. The van der Waals surface area contributed by atoms with Gasteiger partial charge in [0.15, 0.2) is 11.9 Å². The lowest BCUT2D eigenvalue weighted by Gasteiger charge is -2.21. The Morgan fingerprint density at radius 1 is 1.59 bits per heavy atom. The van der Waals surface area contributed by atoms with E-state index in [1.807, 2.05) is 0 Å². The van der Waals surface area contributed by atoms with Crippen molar-refractivity contribution in [3.05, 3.63) is 33.3 Å². The first kappa shape index (κ1) is 18.5. The molecule has 1 aliphatic rings. The zero-order valence-electron chi connectivity index (χ0n) is 11.9. The van der Waals surface area contributed by atoms with Crippen LogP contribution in [0.4, 0.5) is 5.69 Å². The zero-order valence-corrected chi connectivity index (χ0v) is 13.5.